The normalized spacial score (nSPS) is 11.4. The Morgan fingerprint density at radius 3 is 2.40 bits per heavy atom. The minimum atomic E-state index is -0.235. The Morgan fingerprint density at radius 1 is 0.914 bits per heavy atom. The van der Waals surface area contributed by atoms with E-state index in [1.807, 2.05) is 69.3 Å². The number of nitrogens with one attached hydrogen (secondary N) is 3. The van der Waals surface area contributed by atoms with Crippen LogP contribution in [0.3, 0.4) is 0 Å². The van der Waals surface area contributed by atoms with Crippen LogP contribution in [0.5, 0.6) is 0 Å². The van der Waals surface area contributed by atoms with Crippen molar-refractivity contribution in [2.24, 2.45) is 0 Å². The average molecular weight is 490 g/mol. The van der Waals surface area contributed by atoms with Gasteiger partial charge in [-0.15, -0.1) is 11.8 Å². The van der Waals surface area contributed by atoms with Gasteiger partial charge in [-0.25, -0.2) is 0 Å². The Kier molecular flexibility index (Phi) is 9.49. The Bertz CT molecular complexity index is 1180. The largest absolute Gasteiger partial charge is 0.350 e. The molecule has 0 heterocycles. The summed E-state index contributed by atoms with van der Waals surface area (Å²) in [7, 11) is 0. The molecule has 0 spiro atoms. The lowest BCUT2D eigenvalue weighted by Crippen LogP contribution is -2.32. The van der Waals surface area contributed by atoms with Crippen molar-refractivity contribution in [2.75, 3.05) is 11.1 Å². The van der Waals surface area contributed by atoms with Crippen LogP contribution in [0.25, 0.3) is 0 Å². The van der Waals surface area contributed by atoms with E-state index in [-0.39, 0.29) is 36.1 Å². The van der Waals surface area contributed by atoms with Crippen molar-refractivity contribution in [2.45, 2.75) is 44.7 Å². The van der Waals surface area contributed by atoms with Crippen LogP contribution in [0.2, 0.25) is 0 Å². The summed E-state index contributed by atoms with van der Waals surface area (Å²) in [5.74, 6) is -0.313. The summed E-state index contributed by atoms with van der Waals surface area (Å²) in [5.41, 5.74) is 3.77. The van der Waals surface area contributed by atoms with Gasteiger partial charge in [-0.1, -0.05) is 48.9 Å². The summed E-state index contributed by atoms with van der Waals surface area (Å²) >= 11 is 1.32. The smallest absolute Gasteiger partial charge is 0.252 e. The van der Waals surface area contributed by atoms with Crippen LogP contribution >= 0.6 is 11.8 Å². The van der Waals surface area contributed by atoms with E-state index >= 15 is 0 Å². The van der Waals surface area contributed by atoms with Gasteiger partial charge in [0.15, 0.2) is 0 Å². The van der Waals surface area contributed by atoms with Crippen LogP contribution in [0.4, 0.5) is 5.69 Å². The first-order chi connectivity index (χ1) is 16.9. The molecule has 0 bridgehead atoms. The fraction of sp³-hybridized carbons (Fsp3) is 0.250. The zero-order valence-corrected chi connectivity index (χ0v) is 21.1. The van der Waals surface area contributed by atoms with Crippen LogP contribution in [0, 0.1) is 6.92 Å². The number of amides is 3. The second-order valence-corrected chi connectivity index (χ2v) is 9.38. The molecule has 3 amide bonds. The van der Waals surface area contributed by atoms with Crippen LogP contribution in [0.15, 0.2) is 77.7 Å². The molecule has 1 unspecified atom stereocenters. The van der Waals surface area contributed by atoms with Gasteiger partial charge >= 0.3 is 0 Å². The molecule has 0 saturated heterocycles. The monoisotopic (exact) mass is 489 g/mol. The highest BCUT2D eigenvalue weighted by atomic mass is 32.2. The number of carbonyl (C=O) groups excluding carboxylic acids is 3. The van der Waals surface area contributed by atoms with Gasteiger partial charge in [-0.3, -0.25) is 14.4 Å². The van der Waals surface area contributed by atoms with Gasteiger partial charge in [0.25, 0.3) is 11.8 Å². The van der Waals surface area contributed by atoms with Gasteiger partial charge in [0.1, 0.15) is 0 Å². The van der Waals surface area contributed by atoms with Crippen molar-refractivity contribution in [1.29, 1.82) is 0 Å². The molecule has 3 N–H and O–H groups in total. The fourth-order valence-electron chi connectivity index (χ4n) is 3.27. The topological polar surface area (TPSA) is 87.3 Å². The molecular formula is C28H31N3O3S. The van der Waals surface area contributed by atoms with E-state index in [1.54, 1.807) is 24.3 Å². The first-order valence-corrected chi connectivity index (χ1v) is 12.6. The molecule has 0 aromatic heterocycles. The van der Waals surface area contributed by atoms with Crippen molar-refractivity contribution in [3.05, 3.63) is 95.1 Å². The second kappa shape index (κ2) is 12.8. The number of rotatable bonds is 10. The molecule has 1 atom stereocenters. The molecule has 0 aliphatic heterocycles. The lowest BCUT2D eigenvalue weighted by molar-refractivity contribution is -0.113. The molecule has 182 valence electrons. The van der Waals surface area contributed by atoms with E-state index in [4.69, 9.17) is 0 Å². The number of aryl methyl sites for hydroxylation is 1. The Labute approximate surface area is 210 Å². The van der Waals surface area contributed by atoms with Gasteiger partial charge in [-0.05, 0) is 62.2 Å². The van der Waals surface area contributed by atoms with E-state index in [1.165, 1.54) is 11.8 Å². The lowest BCUT2D eigenvalue weighted by Gasteiger charge is -2.13. The molecule has 0 radical (unpaired) electrons. The first kappa shape index (κ1) is 26.0. The molecule has 35 heavy (non-hydrogen) atoms. The van der Waals surface area contributed by atoms with Gasteiger partial charge in [0, 0.05) is 28.7 Å². The summed E-state index contributed by atoms with van der Waals surface area (Å²) in [6, 6.07) is 22.1. The van der Waals surface area contributed by atoms with E-state index in [0.717, 1.165) is 28.1 Å². The number of carbonyl (C=O) groups is 3. The number of anilines is 1. The lowest BCUT2D eigenvalue weighted by atomic mass is 10.1. The van der Waals surface area contributed by atoms with E-state index in [2.05, 4.69) is 16.0 Å². The van der Waals surface area contributed by atoms with Crippen LogP contribution in [-0.2, 0) is 11.3 Å². The Morgan fingerprint density at radius 2 is 1.66 bits per heavy atom. The molecule has 6 nitrogen and oxygen atoms in total. The molecule has 3 rings (SSSR count). The van der Waals surface area contributed by atoms with E-state index in [9.17, 15) is 14.4 Å². The van der Waals surface area contributed by atoms with Gasteiger partial charge in [0.2, 0.25) is 5.91 Å². The number of hydrogen-bond donors (Lipinski definition) is 3. The van der Waals surface area contributed by atoms with Crippen LogP contribution < -0.4 is 16.0 Å². The quantitative estimate of drug-likeness (QED) is 0.342. The highest BCUT2D eigenvalue weighted by molar-refractivity contribution is 8.00. The Hall–Kier alpha value is -3.58. The van der Waals surface area contributed by atoms with Gasteiger partial charge in [0.05, 0.1) is 11.3 Å². The average Bonchev–Trinajstić information content (AvgIpc) is 2.87. The summed E-state index contributed by atoms with van der Waals surface area (Å²) in [6.07, 6.45) is 0.854. The summed E-state index contributed by atoms with van der Waals surface area (Å²) < 4.78 is 0. The molecule has 0 fully saturated rings. The maximum atomic E-state index is 12.9. The third-order valence-corrected chi connectivity index (χ3v) is 6.53. The number of benzene rings is 3. The van der Waals surface area contributed by atoms with Gasteiger partial charge in [-0.2, -0.15) is 0 Å². The highest BCUT2D eigenvalue weighted by Crippen LogP contribution is 2.23. The molecule has 0 aliphatic rings. The van der Waals surface area contributed by atoms with Crippen molar-refractivity contribution >= 4 is 35.2 Å². The van der Waals surface area contributed by atoms with E-state index in [0.29, 0.717) is 11.1 Å². The molecular weight excluding hydrogens is 458 g/mol. The second-order valence-electron chi connectivity index (χ2n) is 8.36. The van der Waals surface area contributed by atoms with Crippen LogP contribution in [-0.4, -0.2) is 29.5 Å². The molecule has 3 aromatic carbocycles. The van der Waals surface area contributed by atoms with E-state index < -0.39 is 0 Å². The zero-order chi connectivity index (χ0) is 25.2. The van der Waals surface area contributed by atoms with Crippen molar-refractivity contribution in [1.82, 2.24) is 10.6 Å². The molecule has 7 heteroatoms. The third kappa shape index (κ3) is 8.00. The minimum absolute atomic E-state index is 0.0961. The molecule has 0 aliphatic carbocycles. The maximum absolute atomic E-state index is 12.9. The number of thioether (sulfide) groups is 1. The summed E-state index contributed by atoms with van der Waals surface area (Å²) in [6.45, 7) is 6.26. The third-order valence-electron chi connectivity index (χ3n) is 5.46. The zero-order valence-electron chi connectivity index (χ0n) is 20.3. The predicted molar refractivity (Wildman–Crippen MR) is 142 cm³/mol. The Balaban J connectivity index is 1.58. The standard InChI is InChI=1S/C28H31N3O3S/c1-4-20(3)30-27(33)22-9-7-8-21(16-22)17-29-28(34)24-10-5-6-11-25(24)35-18-26(32)31-23-14-12-19(2)13-15-23/h5-16,20H,4,17-18H2,1-3H3,(H,29,34)(H,30,33)(H,31,32). The fourth-order valence-corrected chi connectivity index (χ4v) is 4.12. The van der Waals surface area contributed by atoms with Gasteiger partial charge < -0.3 is 16.0 Å². The van der Waals surface area contributed by atoms with Crippen molar-refractivity contribution < 1.29 is 14.4 Å². The first-order valence-electron chi connectivity index (χ1n) is 11.6. The highest BCUT2D eigenvalue weighted by Gasteiger charge is 2.14. The number of hydrogen-bond acceptors (Lipinski definition) is 4. The SMILES string of the molecule is CCC(C)NC(=O)c1cccc(CNC(=O)c2ccccc2SCC(=O)Nc2ccc(C)cc2)c1. The predicted octanol–water partition coefficient (Wildman–Crippen LogP) is 5.18. The maximum Gasteiger partial charge on any atom is 0.252 e. The van der Waals surface area contributed by atoms with Crippen molar-refractivity contribution in [3.63, 3.8) is 0 Å². The molecule has 3 aromatic rings. The minimum Gasteiger partial charge on any atom is -0.350 e. The summed E-state index contributed by atoms with van der Waals surface area (Å²) in [4.78, 5) is 38.4. The van der Waals surface area contributed by atoms with Crippen LogP contribution in [0.1, 0.15) is 52.1 Å². The molecule has 0 saturated carbocycles. The van der Waals surface area contributed by atoms with Crippen molar-refractivity contribution in [3.8, 4) is 0 Å². The summed E-state index contributed by atoms with van der Waals surface area (Å²) in [5, 5.41) is 8.74.